The maximum absolute atomic E-state index is 11.9. The van der Waals surface area contributed by atoms with Gasteiger partial charge in [0.15, 0.2) is 0 Å². The van der Waals surface area contributed by atoms with E-state index in [0.29, 0.717) is 5.88 Å². The minimum atomic E-state index is -0.424. The number of benzene rings is 1. The van der Waals surface area contributed by atoms with E-state index in [1.165, 1.54) is 6.07 Å². The Morgan fingerprint density at radius 1 is 1.33 bits per heavy atom. The number of hydrogen-bond donors (Lipinski definition) is 2. The predicted octanol–water partition coefficient (Wildman–Crippen LogP) is 2.56. The van der Waals surface area contributed by atoms with Gasteiger partial charge in [-0.25, -0.2) is 0 Å². The fourth-order valence-corrected chi connectivity index (χ4v) is 1.54. The number of nitrogens with zero attached hydrogens (tertiary/aromatic N) is 1. The molecule has 2 N–H and O–H groups in total. The number of aromatic nitrogens is 1. The first-order chi connectivity index (χ1) is 8.49. The van der Waals surface area contributed by atoms with Crippen molar-refractivity contribution in [3.05, 3.63) is 40.6 Å². The van der Waals surface area contributed by atoms with E-state index in [4.69, 9.17) is 4.52 Å². The van der Waals surface area contributed by atoms with Crippen LogP contribution in [0.2, 0.25) is 0 Å². The molecule has 0 atom stereocenters. The molecule has 0 radical (unpaired) electrons. The van der Waals surface area contributed by atoms with Gasteiger partial charge < -0.3 is 9.63 Å². The third-order valence-corrected chi connectivity index (χ3v) is 2.78. The SMILES string of the molecule is Cc1ccc(C(=O)Nc2onc(C)c2C)c(O)c1. The van der Waals surface area contributed by atoms with E-state index in [1.54, 1.807) is 26.0 Å². The van der Waals surface area contributed by atoms with Gasteiger partial charge in [0.1, 0.15) is 5.75 Å². The first-order valence-electron chi connectivity index (χ1n) is 5.53. The van der Waals surface area contributed by atoms with Crippen molar-refractivity contribution < 1.29 is 14.4 Å². The molecule has 0 spiro atoms. The Morgan fingerprint density at radius 2 is 2.06 bits per heavy atom. The Labute approximate surface area is 104 Å². The van der Waals surface area contributed by atoms with Gasteiger partial charge >= 0.3 is 0 Å². The quantitative estimate of drug-likeness (QED) is 0.853. The normalized spacial score (nSPS) is 10.4. The zero-order valence-electron chi connectivity index (χ0n) is 10.4. The minimum absolute atomic E-state index is 0.0543. The summed E-state index contributed by atoms with van der Waals surface area (Å²) in [6, 6.07) is 4.86. The molecule has 1 amide bonds. The molecule has 1 heterocycles. The molecule has 0 aliphatic carbocycles. The van der Waals surface area contributed by atoms with Crippen molar-refractivity contribution in [2.75, 3.05) is 5.32 Å². The van der Waals surface area contributed by atoms with Crippen molar-refractivity contribution in [2.45, 2.75) is 20.8 Å². The number of hydrogen-bond acceptors (Lipinski definition) is 4. The lowest BCUT2D eigenvalue weighted by Gasteiger charge is -2.05. The molecule has 5 nitrogen and oxygen atoms in total. The summed E-state index contributed by atoms with van der Waals surface area (Å²) in [6.07, 6.45) is 0. The number of rotatable bonds is 2. The summed E-state index contributed by atoms with van der Waals surface area (Å²) in [7, 11) is 0. The highest BCUT2D eigenvalue weighted by atomic mass is 16.5. The van der Waals surface area contributed by atoms with E-state index in [-0.39, 0.29) is 11.3 Å². The van der Waals surface area contributed by atoms with Crippen molar-refractivity contribution in [1.29, 1.82) is 0 Å². The highest BCUT2D eigenvalue weighted by Crippen LogP contribution is 2.22. The van der Waals surface area contributed by atoms with E-state index in [2.05, 4.69) is 10.5 Å². The highest BCUT2D eigenvalue weighted by Gasteiger charge is 2.15. The average molecular weight is 246 g/mol. The van der Waals surface area contributed by atoms with Crippen LogP contribution in [0.1, 0.15) is 27.2 Å². The number of aromatic hydroxyl groups is 1. The summed E-state index contributed by atoms with van der Waals surface area (Å²) >= 11 is 0. The van der Waals surface area contributed by atoms with Crippen LogP contribution in [0.4, 0.5) is 5.88 Å². The summed E-state index contributed by atoms with van der Waals surface area (Å²) in [5, 5.41) is 16.0. The molecule has 2 rings (SSSR count). The smallest absolute Gasteiger partial charge is 0.261 e. The lowest BCUT2D eigenvalue weighted by atomic mass is 10.1. The van der Waals surface area contributed by atoms with Crippen LogP contribution in [-0.4, -0.2) is 16.2 Å². The maximum atomic E-state index is 11.9. The standard InChI is InChI=1S/C13H14N2O3/c1-7-4-5-10(11(16)6-7)12(17)14-13-8(2)9(3)15-18-13/h4-6,16H,1-3H3,(H,14,17). The highest BCUT2D eigenvalue weighted by molar-refractivity contribution is 6.05. The molecule has 94 valence electrons. The van der Waals surface area contributed by atoms with Crippen LogP contribution in [0.5, 0.6) is 5.75 Å². The molecular formula is C13H14N2O3. The van der Waals surface area contributed by atoms with Crippen molar-refractivity contribution in [3.63, 3.8) is 0 Å². The fraction of sp³-hybridized carbons (Fsp3) is 0.231. The van der Waals surface area contributed by atoms with Gasteiger partial charge in [-0.1, -0.05) is 11.2 Å². The summed E-state index contributed by atoms with van der Waals surface area (Å²) in [5.41, 5.74) is 2.58. The second kappa shape index (κ2) is 4.52. The number of phenolic OH excluding ortho intramolecular Hbond substituents is 1. The number of carbonyl (C=O) groups excluding carboxylic acids is 1. The van der Waals surface area contributed by atoms with Gasteiger partial charge in [-0.05, 0) is 38.5 Å². The Kier molecular flexibility index (Phi) is 3.06. The molecule has 0 bridgehead atoms. The van der Waals surface area contributed by atoms with Gasteiger partial charge in [-0.15, -0.1) is 0 Å². The molecule has 0 fully saturated rings. The lowest BCUT2D eigenvalue weighted by molar-refractivity contribution is 0.102. The van der Waals surface area contributed by atoms with Crippen molar-refractivity contribution >= 4 is 11.8 Å². The summed E-state index contributed by atoms with van der Waals surface area (Å²) in [4.78, 5) is 11.9. The zero-order valence-corrected chi connectivity index (χ0v) is 10.4. The van der Waals surface area contributed by atoms with E-state index >= 15 is 0 Å². The van der Waals surface area contributed by atoms with Crippen molar-refractivity contribution in [1.82, 2.24) is 5.16 Å². The molecule has 0 unspecified atom stereocenters. The van der Waals surface area contributed by atoms with Gasteiger partial charge in [0.05, 0.1) is 11.3 Å². The summed E-state index contributed by atoms with van der Waals surface area (Å²) in [5.74, 6) is -0.175. The Bertz CT molecular complexity index is 602. The number of amides is 1. The molecule has 0 saturated heterocycles. The van der Waals surface area contributed by atoms with E-state index in [0.717, 1.165) is 16.8 Å². The number of nitrogens with one attached hydrogen (secondary N) is 1. The van der Waals surface area contributed by atoms with Crippen molar-refractivity contribution in [3.8, 4) is 5.75 Å². The van der Waals surface area contributed by atoms with Crippen LogP contribution in [0.3, 0.4) is 0 Å². The first kappa shape index (κ1) is 12.2. The average Bonchev–Trinajstić information content (AvgIpc) is 2.61. The second-order valence-corrected chi connectivity index (χ2v) is 4.20. The van der Waals surface area contributed by atoms with Gasteiger partial charge in [-0.2, -0.15) is 0 Å². The lowest BCUT2D eigenvalue weighted by Crippen LogP contribution is -2.12. The molecule has 5 heteroatoms. The summed E-state index contributed by atoms with van der Waals surface area (Å²) in [6.45, 7) is 5.43. The minimum Gasteiger partial charge on any atom is -0.507 e. The maximum Gasteiger partial charge on any atom is 0.261 e. The third kappa shape index (κ3) is 2.20. The first-order valence-corrected chi connectivity index (χ1v) is 5.53. The number of aryl methyl sites for hydroxylation is 2. The molecule has 0 aliphatic rings. The molecule has 1 aromatic carbocycles. The fourth-order valence-electron chi connectivity index (χ4n) is 1.54. The largest absolute Gasteiger partial charge is 0.507 e. The van der Waals surface area contributed by atoms with E-state index < -0.39 is 5.91 Å². The Balaban J connectivity index is 2.25. The second-order valence-electron chi connectivity index (χ2n) is 4.20. The van der Waals surface area contributed by atoms with E-state index in [9.17, 15) is 9.90 Å². The molecule has 0 saturated carbocycles. The van der Waals surface area contributed by atoms with Gasteiger partial charge in [-0.3, -0.25) is 10.1 Å². The third-order valence-electron chi connectivity index (χ3n) is 2.78. The number of anilines is 1. The van der Waals surface area contributed by atoms with Crippen LogP contribution >= 0.6 is 0 Å². The predicted molar refractivity (Wildman–Crippen MR) is 66.8 cm³/mol. The molecule has 1 aromatic heterocycles. The van der Waals surface area contributed by atoms with Crippen LogP contribution < -0.4 is 5.32 Å². The van der Waals surface area contributed by atoms with E-state index in [1.807, 2.05) is 6.92 Å². The molecule has 0 aliphatic heterocycles. The topological polar surface area (TPSA) is 75.4 Å². The Hall–Kier alpha value is -2.30. The van der Waals surface area contributed by atoms with Gasteiger partial charge in [0.2, 0.25) is 5.88 Å². The van der Waals surface area contributed by atoms with Crippen molar-refractivity contribution in [2.24, 2.45) is 0 Å². The summed E-state index contributed by atoms with van der Waals surface area (Å²) < 4.78 is 4.99. The van der Waals surface area contributed by atoms with Crippen LogP contribution in [0, 0.1) is 20.8 Å². The van der Waals surface area contributed by atoms with Gasteiger partial charge in [0.25, 0.3) is 5.91 Å². The number of phenols is 1. The van der Waals surface area contributed by atoms with Crippen LogP contribution in [0.15, 0.2) is 22.7 Å². The Morgan fingerprint density at radius 3 is 2.61 bits per heavy atom. The zero-order chi connectivity index (χ0) is 13.3. The molecular weight excluding hydrogens is 232 g/mol. The molecule has 2 aromatic rings. The van der Waals surface area contributed by atoms with Crippen LogP contribution in [0.25, 0.3) is 0 Å². The van der Waals surface area contributed by atoms with Gasteiger partial charge in [0, 0.05) is 5.56 Å². The monoisotopic (exact) mass is 246 g/mol. The molecule has 18 heavy (non-hydrogen) atoms. The number of carbonyl (C=O) groups is 1. The van der Waals surface area contributed by atoms with Crippen LogP contribution in [-0.2, 0) is 0 Å².